The molecule has 0 saturated carbocycles. The van der Waals surface area contributed by atoms with Crippen molar-refractivity contribution in [2.24, 2.45) is 0 Å². The van der Waals surface area contributed by atoms with Crippen molar-refractivity contribution < 1.29 is 14.6 Å². The van der Waals surface area contributed by atoms with Crippen molar-refractivity contribution in [1.82, 2.24) is 4.98 Å². The second kappa shape index (κ2) is 3.31. The number of hydrogen-bond donors (Lipinski definition) is 2. The molecule has 4 heteroatoms. The minimum atomic E-state index is -0.967. The number of hydrogen-bond acceptors (Lipinski definition) is 2. The summed E-state index contributed by atoms with van der Waals surface area (Å²) in [4.78, 5) is 13.6. The molecule has 0 aliphatic heterocycles. The van der Waals surface area contributed by atoms with E-state index in [2.05, 4.69) is 4.98 Å². The van der Waals surface area contributed by atoms with Gasteiger partial charge in [0.05, 0.1) is 12.6 Å². The number of carbonyl (C=O) groups is 1. The van der Waals surface area contributed by atoms with Crippen LogP contribution in [-0.2, 0) is 0 Å². The van der Waals surface area contributed by atoms with E-state index in [4.69, 9.17) is 9.84 Å². The van der Waals surface area contributed by atoms with Crippen LogP contribution in [-0.4, -0.2) is 23.2 Å². The summed E-state index contributed by atoms with van der Waals surface area (Å²) in [7, 11) is 1.57. The number of fused-ring (bicyclic) bond motifs is 1. The average Bonchev–Trinajstić information content (AvgIpc) is 2.59. The zero-order valence-corrected chi connectivity index (χ0v) is 8.50. The van der Waals surface area contributed by atoms with Gasteiger partial charge in [-0.05, 0) is 30.7 Å². The molecule has 0 unspecified atom stereocenters. The summed E-state index contributed by atoms with van der Waals surface area (Å²) in [6, 6.07) is 5.35. The molecule has 1 aromatic heterocycles. The number of aromatic amines is 1. The molecule has 2 N–H and O–H groups in total. The Hall–Kier alpha value is -1.97. The first kappa shape index (κ1) is 9.58. The van der Waals surface area contributed by atoms with Gasteiger partial charge in [0.25, 0.3) is 0 Å². The highest BCUT2D eigenvalue weighted by atomic mass is 16.5. The van der Waals surface area contributed by atoms with Gasteiger partial charge in [-0.3, -0.25) is 0 Å². The lowest BCUT2D eigenvalue weighted by molar-refractivity contribution is 0.0691. The lowest BCUT2D eigenvalue weighted by atomic mass is 10.1. The SMILES string of the molecule is COc1cc(C)cc2[nH]c(C(=O)O)cc12. The molecular formula is C11H11NO3. The number of aryl methyl sites for hydroxylation is 1. The van der Waals surface area contributed by atoms with E-state index in [9.17, 15) is 4.79 Å². The molecule has 0 aliphatic rings. The summed E-state index contributed by atoms with van der Waals surface area (Å²) in [5.74, 6) is -0.278. The molecule has 2 aromatic rings. The molecular weight excluding hydrogens is 194 g/mol. The van der Waals surface area contributed by atoms with E-state index < -0.39 is 5.97 Å². The van der Waals surface area contributed by atoms with Crippen LogP contribution >= 0.6 is 0 Å². The van der Waals surface area contributed by atoms with Crippen molar-refractivity contribution in [3.8, 4) is 5.75 Å². The number of carboxylic acid groups (broad SMARTS) is 1. The molecule has 0 radical (unpaired) electrons. The van der Waals surface area contributed by atoms with Gasteiger partial charge in [-0.15, -0.1) is 0 Å². The van der Waals surface area contributed by atoms with Crippen LogP contribution in [0.5, 0.6) is 5.75 Å². The highest BCUT2D eigenvalue weighted by molar-refractivity contribution is 5.96. The number of methoxy groups -OCH3 is 1. The Kier molecular flexibility index (Phi) is 2.11. The van der Waals surface area contributed by atoms with E-state index >= 15 is 0 Å². The molecule has 0 saturated heterocycles. The first-order chi connectivity index (χ1) is 7.11. The van der Waals surface area contributed by atoms with Crippen LogP contribution in [0.2, 0.25) is 0 Å². The van der Waals surface area contributed by atoms with Crippen LogP contribution in [0.3, 0.4) is 0 Å². The zero-order valence-electron chi connectivity index (χ0n) is 8.50. The molecule has 1 aromatic carbocycles. The van der Waals surface area contributed by atoms with Gasteiger partial charge in [0.1, 0.15) is 11.4 Å². The van der Waals surface area contributed by atoms with Crippen molar-refractivity contribution in [3.63, 3.8) is 0 Å². The van der Waals surface area contributed by atoms with Gasteiger partial charge < -0.3 is 14.8 Å². The molecule has 0 spiro atoms. The van der Waals surface area contributed by atoms with E-state index in [1.54, 1.807) is 13.2 Å². The van der Waals surface area contributed by atoms with Crippen molar-refractivity contribution in [2.45, 2.75) is 6.92 Å². The predicted octanol–water partition coefficient (Wildman–Crippen LogP) is 2.18. The van der Waals surface area contributed by atoms with Gasteiger partial charge >= 0.3 is 5.97 Å². The Balaban J connectivity index is 2.74. The zero-order chi connectivity index (χ0) is 11.0. The third-order valence-corrected chi connectivity index (χ3v) is 2.29. The Labute approximate surface area is 86.5 Å². The summed E-state index contributed by atoms with van der Waals surface area (Å²) < 4.78 is 5.19. The lowest BCUT2D eigenvalue weighted by Gasteiger charge is -2.02. The van der Waals surface area contributed by atoms with E-state index in [1.165, 1.54) is 0 Å². The Morgan fingerprint density at radius 2 is 2.13 bits per heavy atom. The number of carboxylic acids is 1. The number of ether oxygens (including phenoxy) is 1. The van der Waals surface area contributed by atoms with Gasteiger partial charge in [-0.25, -0.2) is 4.79 Å². The van der Waals surface area contributed by atoms with Crippen LogP contribution < -0.4 is 4.74 Å². The number of nitrogens with one attached hydrogen (secondary N) is 1. The van der Waals surface area contributed by atoms with Crippen LogP contribution in [0, 0.1) is 6.92 Å². The molecule has 0 bridgehead atoms. The normalized spacial score (nSPS) is 10.5. The smallest absolute Gasteiger partial charge is 0.352 e. The third kappa shape index (κ3) is 1.54. The fourth-order valence-corrected chi connectivity index (χ4v) is 1.63. The maximum Gasteiger partial charge on any atom is 0.352 e. The molecule has 1 heterocycles. The van der Waals surface area contributed by atoms with Crippen molar-refractivity contribution in [3.05, 3.63) is 29.5 Å². The average molecular weight is 205 g/mol. The van der Waals surface area contributed by atoms with Crippen LogP contribution in [0.4, 0.5) is 0 Å². The first-order valence-electron chi connectivity index (χ1n) is 4.52. The summed E-state index contributed by atoms with van der Waals surface area (Å²) in [5.41, 5.74) is 1.98. The maximum absolute atomic E-state index is 10.8. The number of H-pyrrole nitrogens is 1. The highest BCUT2D eigenvalue weighted by Crippen LogP contribution is 2.27. The monoisotopic (exact) mass is 205 g/mol. The molecule has 78 valence electrons. The summed E-state index contributed by atoms with van der Waals surface area (Å²) >= 11 is 0. The fourth-order valence-electron chi connectivity index (χ4n) is 1.63. The van der Waals surface area contributed by atoms with E-state index in [1.807, 2.05) is 19.1 Å². The van der Waals surface area contributed by atoms with Crippen molar-refractivity contribution >= 4 is 16.9 Å². The van der Waals surface area contributed by atoms with Gasteiger partial charge in [0.2, 0.25) is 0 Å². The lowest BCUT2D eigenvalue weighted by Crippen LogP contribution is -1.94. The Bertz CT molecular complexity index is 528. The molecule has 2 rings (SSSR count). The Morgan fingerprint density at radius 3 is 2.73 bits per heavy atom. The number of benzene rings is 1. The fraction of sp³-hybridized carbons (Fsp3) is 0.182. The predicted molar refractivity (Wildman–Crippen MR) is 56.5 cm³/mol. The van der Waals surface area contributed by atoms with Crippen LogP contribution in [0.1, 0.15) is 16.1 Å². The first-order valence-corrected chi connectivity index (χ1v) is 4.52. The van der Waals surface area contributed by atoms with Gasteiger partial charge in [0.15, 0.2) is 0 Å². The van der Waals surface area contributed by atoms with Gasteiger partial charge in [0, 0.05) is 5.39 Å². The van der Waals surface area contributed by atoms with E-state index in [-0.39, 0.29) is 5.69 Å². The Morgan fingerprint density at radius 1 is 1.40 bits per heavy atom. The molecule has 15 heavy (non-hydrogen) atoms. The second-order valence-corrected chi connectivity index (χ2v) is 3.42. The molecule has 0 fully saturated rings. The molecule has 4 nitrogen and oxygen atoms in total. The second-order valence-electron chi connectivity index (χ2n) is 3.42. The minimum Gasteiger partial charge on any atom is -0.496 e. The third-order valence-electron chi connectivity index (χ3n) is 2.29. The molecule has 0 amide bonds. The number of rotatable bonds is 2. The van der Waals surface area contributed by atoms with Crippen LogP contribution in [0.25, 0.3) is 10.9 Å². The van der Waals surface area contributed by atoms with E-state index in [0.29, 0.717) is 5.75 Å². The van der Waals surface area contributed by atoms with Crippen LogP contribution in [0.15, 0.2) is 18.2 Å². The summed E-state index contributed by atoms with van der Waals surface area (Å²) in [6.07, 6.45) is 0. The molecule has 0 atom stereocenters. The highest BCUT2D eigenvalue weighted by Gasteiger charge is 2.10. The quantitative estimate of drug-likeness (QED) is 0.789. The summed E-state index contributed by atoms with van der Waals surface area (Å²) in [6.45, 7) is 1.93. The summed E-state index contributed by atoms with van der Waals surface area (Å²) in [5, 5.41) is 9.64. The van der Waals surface area contributed by atoms with Crippen molar-refractivity contribution in [2.75, 3.05) is 7.11 Å². The topological polar surface area (TPSA) is 62.3 Å². The van der Waals surface area contributed by atoms with Gasteiger partial charge in [-0.2, -0.15) is 0 Å². The maximum atomic E-state index is 10.8. The van der Waals surface area contributed by atoms with Gasteiger partial charge in [-0.1, -0.05) is 0 Å². The van der Waals surface area contributed by atoms with E-state index in [0.717, 1.165) is 16.5 Å². The molecule has 0 aliphatic carbocycles. The van der Waals surface area contributed by atoms with Crippen molar-refractivity contribution in [1.29, 1.82) is 0 Å². The minimum absolute atomic E-state index is 0.175. The standard InChI is InChI=1S/C11H11NO3/c1-6-3-8-7(10(4-6)15-2)5-9(12-8)11(13)14/h3-5,12H,1-2H3,(H,13,14). The number of aromatic carboxylic acids is 1. The number of aromatic nitrogens is 1. The largest absolute Gasteiger partial charge is 0.496 e.